The van der Waals surface area contributed by atoms with Gasteiger partial charge in [0.1, 0.15) is 0 Å². The molecule has 0 saturated heterocycles. The predicted octanol–water partition coefficient (Wildman–Crippen LogP) is 2.68. The molecule has 2 rings (SSSR count). The Balaban J connectivity index is 2.02. The fourth-order valence-corrected chi connectivity index (χ4v) is 2.36. The van der Waals surface area contributed by atoms with Crippen LogP contribution < -0.4 is 5.32 Å². The van der Waals surface area contributed by atoms with Gasteiger partial charge in [0.05, 0.1) is 6.33 Å². The molecule has 2 aromatic rings. The molecule has 0 bridgehead atoms. The SMILES string of the molecule is CCC(CCO)NC(C)c1ccc(-n2ccnc2)cc1. The van der Waals surface area contributed by atoms with Crippen molar-refractivity contribution < 1.29 is 5.11 Å². The summed E-state index contributed by atoms with van der Waals surface area (Å²) >= 11 is 0. The number of aliphatic hydroxyl groups excluding tert-OH is 1. The largest absolute Gasteiger partial charge is 0.396 e. The first-order valence-corrected chi connectivity index (χ1v) is 7.19. The van der Waals surface area contributed by atoms with E-state index in [0.29, 0.717) is 6.04 Å². The van der Waals surface area contributed by atoms with Crippen LogP contribution in [0, 0.1) is 0 Å². The second-order valence-electron chi connectivity index (χ2n) is 5.07. The first-order valence-electron chi connectivity index (χ1n) is 7.19. The van der Waals surface area contributed by atoms with Crippen LogP contribution in [-0.2, 0) is 0 Å². The Kier molecular flexibility index (Phi) is 5.32. The van der Waals surface area contributed by atoms with E-state index in [1.165, 1.54) is 5.56 Å². The normalized spacial score (nSPS) is 14.2. The molecule has 0 aliphatic carbocycles. The second-order valence-corrected chi connectivity index (χ2v) is 5.07. The Labute approximate surface area is 120 Å². The Hall–Kier alpha value is -1.65. The van der Waals surface area contributed by atoms with Crippen molar-refractivity contribution in [3.05, 3.63) is 48.5 Å². The summed E-state index contributed by atoms with van der Waals surface area (Å²) < 4.78 is 1.99. The highest BCUT2D eigenvalue weighted by atomic mass is 16.3. The van der Waals surface area contributed by atoms with Crippen molar-refractivity contribution in [2.24, 2.45) is 0 Å². The first kappa shape index (κ1) is 14.8. The lowest BCUT2D eigenvalue weighted by Gasteiger charge is -2.22. The van der Waals surface area contributed by atoms with Crippen molar-refractivity contribution in [3.63, 3.8) is 0 Å². The van der Waals surface area contributed by atoms with Gasteiger partial charge in [-0.25, -0.2) is 4.98 Å². The minimum atomic E-state index is 0.234. The molecule has 2 atom stereocenters. The highest BCUT2D eigenvalue weighted by molar-refractivity contribution is 5.35. The summed E-state index contributed by atoms with van der Waals surface area (Å²) in [5.74, 6) is 0. The molecule has 4 heteroatoms. The van der Waals surface area contributed by atoms with Crippen LogP contribution in [0.1, 0.15) is 38.3 Å². The highest BCUT2D eigenvalue weighted by Crippen LogP contribution is 2.17. The predicted molar refractivity (Wildman–Crippen MR) is 80.9 cm³/mol. The molecule has 0 aliphatic rings. The van der Waals surface area contributed by atoms with Gasteiger partial charge in [0, 0.05) is 36.8 Å². The van der Waals surface area contributed by atoms with E-state index >= 15 is 0 Å². The van der Waals surface area contributed by atoms with Gasteiger partial charge in [0.25, 0.3) is 0 Å². The zero-order valence-electron chi connectivity index (χ0n) is 12.2. The van der Waals surface area contributed by atoms with Crippen LogP contribution in [0.15, 0.2) is 43.0 Å². The molecule has 2 unspecified atom stereocenters. The lowest BCUT2D eigenvalue weighted by atomic mass is 10.0. The summed E-state index contributed by atoms with van der Waals surface area (Å²) in [7, 11) is 0. The van der Waals surface area contributed by atoms with Gasteiger partial charge in [-0.1, -0.05) is 19.1 Å². The Bertz CT molecular complexity index is 493. The van der Waals surface area contributed by atoms with Gasteiger partial charge >= 0.3 is 0 Å². The van der Waals surface area contributed by atoms with Crippen molar-refractivity contribution in [1.82, 2.24) is 14.9 Å². The molecule has 0 fully saturated rings. The lowest BCUT2D eigenvalue weighted by Crippen LogP contribution is -2.31. The Morgan fingerprint density at radius 2 is 2.05 bits per heavy atom. The Morgan fingerprint density at radius 3 is 2.60 bits per heavy atom. The van der Waals surface area contributed by atoms with Gasteiger partial charge in [0.2, 0.25) is 0 Å². The van der Waals surface area contributed by atoms with Crippen LogP contribution in [-0.4, -0.2) is 27.3 Å². The van der Waals surface area contributed by atoms with Gasteiger partial charge in [0.15, 0.2) is 0 Å². The number of benzene rings is 1. The monoisotopic (exact) mass is 273 g/mol. The molecule has 0 aliphatic heterocycles. The number of imidazole rings is 1. The van der Waals surface area contributed by atoms with Gasteiger partial charge in [-0.2, -0.15) is 0 Å². The van der Waals surface area contributed by atoms with Gasteiger partial charge < -0.3 is 15.0 Å². The molecule has 108 valence electrons. The molecule has 1 heterocycles. The Morgan fingerprint density at radius 1 is 1.30 bits per heavy atom. The summed E-state index contributed by atoms with van der Waals surface area (Å²) in [6.07, 6.45) is 7.33. The van der Waals surface area contributed by atoms with E-state index in [4.69, 9.17) is 5.11 Å². The van der Waals surface area contributed by atoms with Crippen molar-refractivity contribution in [1.29, 1.82) is 0 Å². The quantitative estimate of drug-likeness (QED) is 0.815. The van der Waals surface area contributed by atoms with E-state index in [9.17, 15) is 0 Å². The fraction of sp³-hybridized carbons (Fsp3) is 0.438. The van der Waals surface area contributed by atoms with E-state index in [-0.39, 0.29) is 12.6 Å². The first-order chi connectivity index (χ1) is 9.74. The number of nitrogens with zero attached hydrogens (tertiary/aromatic N) is 2. The minimum absolute atomic E-state index is 0.234. The molecular formula is C16H23N3O. The summed E-state index contributed by atoms with van der Waals surface area (Å²) in [6.45, 7) is 4.53. The van der Waals surface area contributed by atoms with E-state index in [1.54, 1.807) is 12.5 Å². The molecular weight excluding hydrogens is 250 g/mol. The van der Waals surface area contributed by atoms with Crippen LogP contribution in [0.2, 0.25) is 0 Å². The lowest BCUT2D eigenvalue weighted by molar-refractivity contribution is 0.257. The van der Waals surface area contributed by atoms with Gasteiger partial charge in [-0.05, 0) is 37.5 Å². The number of hydrogen-bond donors (Lipinski definition) is 2. The van der Waals surface area contributed by atoms with E-state index < -0.39 is 0 Å². The third-order valence-corrected chi connectivity index (χ3v) is 3.65. The molecule has 0 saturated carbocycles. The second kappa shape index (κ2) is 7.22. The maximum atomic E-state index is 9.04. The number of hydrogen-bond acceptors (Lipinski definition) is 3. The van der Waals surface area contributed by atoms with Crippen LogP contribution in [0.5, 0.6) is 0 Å². The zero-order valence-corrected chi connectivity index (χ0v) is 12.2. The zero-order chi connectivity index (χ0) is 14.4. The highest BCUT2D eigenvalue weighted by Gasteiger charge is 2.11. The number of aromatic nitrogens is 2. The van der Waals surface area contributed by atoms with Crippen molar-refractivity contribution in [2.45, 2.75) is 38.8 Å². The summed E-state index contributed by atoms with van der Waals surface area (Å²) in [4.78, 5) is 4.05. The maximum absolute atomic E-state index is 9.04. The average Bonchev–Trinajstić information content (AvgIpc) is 3.01. The molecule has 20 heavy (non-hydrogen) atoms. The van der Waals surface area contributed by atoms with E-state index in [2.05, 4.69) is 48.4 Å². The number of nitrogens with one attached hydrogen (secondary N) is 1. The van der Waals surface area contributed by atoms with Crippen LogP contribution in [0.25, 0.3) is 5.69 Å². The molecule has 4 nitrogen and oxygen atoms in total. The standard InChI is InChI=1S/C16H23N3O/c1-3-15(8-11-20)18-13(2)14-4-6-16(7-5-14)19-10-9-17-12-19/h4-7,9-10,12-13,15,18,20H,3,8,11H2,1-2H3. The smallest absolute Gasteiger partial charge is 0.0991 e. The minimum Gasteiger partial charge on any atom is -0.396 e. The number of rotatable bonds is 7. The van der Waals surface area contributed by atoms with Crippen molar-refractivity contribution in [3.8, 4) is 5.69 Å². The van der Waals surface area contributed by atoms with Gasteiger partial charge in [-0.3, -0.25) is 0 Å². The van der Waals surface area contributed by atoms with Crippen LogP contribution >= 0.6 is 0 Å². The topological polar surface area (TPSA) is 50.1 Å². The van der Waals surface area contributed by atoms with Crippen LogP contribution in [0.3, 0.4) is 0 Å². The molecule has 0 spiro atoms. The van der Waals surface area contributed by atoms with Crippen molar-refractivity contribution >= 4 is 0 Å². The molecule has 1 aromatic carbocycles. The maximum Gasteiger partial charge on any atom is 0.0991 e. The molecule has 2 N–H and O–H groups in total. The van der Waals surface area contributed by atoms with Gasteiger partial charge in [-0.15, -0.1) is 0 Å². The summed E-state index contributed by atoms with van der Waals surface area (Å²) in [5, 5.41) is 12.6. The fourth-order valence-electron chi connectivity index (χ4n) is 2.36. The summed E-state index contributed by atoms with van der Waals surface area (Å²) in [6, 6.07) is 9.12. The molecule has 0 amide bonds. The molecule has 0 radical (unpaired) electrons. The summed E-state index contributed by atoms with van der Waals surface area (Å²) in [5.41, 5.74) is 2.37. The van der Waals surface area contributed by atoms with Crippen LogP contribution in [0.4, 0.5) is 0 Å². The average molecular weight is 273 g/mol. The van der Waals surface area contributed by atoms with Crippen molar-refractivity contribution in [2.75, 3.05) is 6.61 Å². The van der Waals surface area contributed by atoms with E-state index in [0.717, 1.165) is 18.5 Å². The molecule has 1 aromatic heterocycles. The number of aliphatic hydroxyl groups is 1. The third-order valence-electron chi connectivity index (χ3n) is 3.65. The third kappa shape index (κ3) is 3.68. The van der Waals surface area contributed by atoms with E-state index in [1.807, 2.05) is 10.8 Å².